The largest absolute Gasteiger partial charge is 0.385 e. The Bertz CT molecular complexity index is 418. The van der Waals surface area contributed by atoms with E-state index < -0.39 is 0 Å². The highest BCUT2D eigenvalue weighted by molar-refractivity contribution is 6.31. The summed E-state index contributed by atoms with van der Waals surface area (Å²) in [5.74, 6) is 0.941. The predicted octanol–water partition coefficient (Wildman–Crippen LogP) is 3.10. The summed E-state index contributed by atoms with van der Waals surface area (Å²) in [5.41, 5.74) is 0.934. The molecule has 0 saturated carbocycles. The highest BCUT2D eigenvalue weighted by Gasteiger charge is 2.12. The van der Waals surface area contributed by atoms with Crippen LogP contribution >= 0.6 is 11.6 Å². The third-order valence-electron chi connectivity index (χ3n) is 2.92. The second-order valence-corrected chi connectivity index (χ2v) is 6.38. The van der Waals surface area contributed by atoms with E-state index in [4.69, 9.17) is 16.3 Å². The monoisotopic (exact) mass is 299 g/mol. The molecule has 1 aromatic rings. The summed E-state index contributed by atoms with van der Waals surface area (Å²) >= 11 is 6.22. The fourth-order valence-electron chi connectivity index (χ4n) is 1.72. The summed E-state index contributed by atoms with van der Waals surface area (Å²) in [6.07, 6.45) is 0.979. The molecular formula is C15H26ClN3O. The van der Waals surface area contributed by atoms with Gasteiger partial charge in [0, 0.05) is 39.4 Å². The first-order chi connectivity index (χ1) is 9.33. The quantitative estimate of drug-likeness (QED) is 0.785. The minimum atomic E-state index is 0.0470. The molecule has 0 saturated heterocycles. The number of hydrogen-bond acceptors (Lipinski definition) is 4. The number of halogens is 1. The van der Waals surface area contributed by atoms with Gasteiger partial charge in [-0.2, -0.15) is 0 Å². The van der Waals surface area contributed by atoms with Gasteiger partial charge in [-0.05, 0) is 39.3 Å². The van der Waals surface area contributed by atoms with Crippen molar-refractivity contribution in [2.24, 2.45) is 0 Å². The second-order valence-electron chi connectivity index (χ2n) is 5.97. The Hall–Kier alpha value is -0.840. The van der Waals surface area contributed by atoms with Crippen LogP contribution in [0, 0.1) is 0 Å². The van der Waals surface area contributed by atoms with E-state index >= 15 is 0 Å². The lowest BCUT2D eigenvalue weighted by molar-refractivity contribution is 0.196. The van der Waals surface area contributed by atoms with Crippen LogP contribution in [-0.2, 0) is 11.3 Å². The second kappa shape index (κ2) is 7.81. The van der Waals surface area contributed by atoms with Crippen LogP contribution in [0.15, 0.2) is 12.1 Å². The summed E-state index contributed by atoms with van der Waals surface area (Å²) in [6, 6.07) is 3.87. The summed E-state index contributed by atoms with van der Waals surface area (Å²) in [5, 5.41) is 4.12. The van der Waals surface area contributed by atoms with E-state index in [0.29, 0.717) is 11.6 Å². The average molecular weight is 300 g/mol. The number of pyridine rings is 1. The van der Waals surface area contributed by atoms with Gasteiger partial charge in [-0.25, -0.2) is 4.98 Å². The van der Waals surface area contributed by atoms with Crippen LogP contribution in [0.2, 0.25) is 5.02 Å². The van der Waals surface area contributed by atoms with Gasteiger partial charge in [0.2, 0.25) is 0 Å². The minimum absolute atomic E-state index is 0.0470. The van der Waals surface area contributed by atoms with Crippen LogP contribution < -0.4 is 10.2 Å². The molecule has 0 aromatic carbocycles. The highest BCUT2D eigenvalue weighted by Crippen LogP contribution is 2.19. The van der Waals surface area contributed by atoms with Gasteiger partial charge in [-0.15, -0.1) is 0 Å². The Morgan fingerprint density at radius 2 is 2.05 bits per heavy atom. The number of aromatic nitrogens is 1. The number of ether oxygens (including phenoxy) is 1. The summed E-state index contributed by atoms with van der Waals surface area (Å²) in [6.45, 7) is 8.72. The number of nitrogens with zero attached hydrogens (tertiary/aromatic N) is 2. The minimum Gasteiger partial charge on any atom is -0.385 e. The third-order valence-corrected chi connectivity index (χ3v) is 3.27. The van der Waals surface area contributed by atoms with Gasteiger partial charge < -0.3 is 15.0 Å². The first-order valence-electron chi connectivity index (χ1n) is 6.94. The fraction of sp³-hybridized carbons (Fsp3) is 0.667. The van der Waals surface area contributed by atoms with Gasteiger partial charge in [0.05, 0.1) is 10.7 Å². The van der Waals surface area contributed by atoms with E-state index in [1.807, 2.05) is 19.2 Å². The highest BCUT2D eigenvalue weighted by atomic mass is 35.5. The number of nitrogens with one attached hydrogen (secondary N) is 1. The van der Waals surface area contributed by atoms with E-state index in [-0.39, 0.29) is 5.54 Å². The Balaban J connectivity index is 2.69. The molecule has 0 amide bonds. The van der Waals surface area contributed by atoms with Crippen LogP contribution in [0.3, 0.4) is 0 Å². The van der Waals surface area contributed by atoms with Crippen molar-refractivity contribution in [1.82, 2.24) is 10.3 Å². The smallest absolute Gasteiger partial charge is 0.128 e. The van der Waals surface area contributed by atoms with Gasteiger partial charge in [-0.1, -0.05) is 11.6 Å². The maximum absolute atomic E-state index is 6.22. The molecule has 4 nitrogen and oxygen atoms in total. The molecule has 0 aliphatic carbocycles. The lowest BCUT2D eigenvalue weighted by Crippen LogP contribution is -2.35. The molecule has 0 aliphatic rings. The maximum atomic E-state index is 6.22. The van der Waals surface area contributed by atoms with E-state index in [9.17, 15) is 0 Å². The zero-order chi connectivity index (χ0) is 15.2. The Morgan fingerprint density at radius 1 is 1.35 bits per heavy atom. The zero-order valence-electron chi connectivity index (χ0n) is 13.2. The lowest BCUT2D eigenvalue weighted by atomic mass is 10.1. The van der Waals surface area contributed by atoms with E-state index in [0.717, 1.165) is 31.1 Å². The van der Waals surface area contributed by atoms with Crippen molar-refractivity contribution in [2.75, 3.05) is 32.2 Å². The number of rotatable bonds is 7. The lowest BCUT2D eigenvalue weighted by Gasteiger charge is -2.22. The van der Waals surface area contributed by atoms with Gasteiger partial charge >= 0.3 is 0 Å². The molecular weight excluding hydrogens is 274 g/mol. The van der Waals surface area contributed by atoms with Crippen LogP contribution in [0.5, 0.6) is 0 Å². The van der Waals surface area contributed by atoms with Gasteiger partial charge in [0.25, 0.3) is 0 Å². The van der Waals surface area contributed by atoms with E-state index in [1.54, 1.807) is 7.11 Å². The standard InChI is InChI=1S/C15H26ClN3O/c1-15(2,3)17-11-13-12(16)7-8-14(18-13)19(4)9-6-10-20-5/h7-8,17H,6,9-11H2,1-5H3. The molecule has 0 atom stereocenters. The van der Waals surface area contributed by atoms with E-state index in [1.165, 1.54) is 0 Å². The van der Waals surface area contributed by atoms with Crippen molar-refractivity contribution >= 4 is 17.4 Å². The van der Waals surface area contributed by atoms with Crippen molar-refractivity contribution in [3.63, 3.8) is 0 Å². The SMILES string of the molecule is COCCCN(C)c1ccc(Cl)c(CNC(C)(C)C)n1. The van der Waals surface area contributed by atoms with Crippen molar-refractivity contribution < 1.29 is 4.74 Å². The molecule has 1 N–H and O–H groups in total. The molecule has 0 aliphatic heterocycles. The van der Waals surface area contributed by atoms with Crippen molar-refractivity contribution in [3.8, 4) is 0 Å². The Labute approximate surface area is 127 Å². The molecule has 1 aromatic heterocycles. The van der Waals surface area contributed by atoms with Crippen LogP contribution in [-0.4, -0.2) is 37.8 Å². The molecule has 0 bridgehead atoms. The predicted molar refractivity (Wildman–Crippen MR) is 85.6 cm³/mol. The van der Waals surface area contributed by atoms with Crippen LogP contribution in [0.1, 0.15) is 32.9 Å². The van der Waals surface area contributed by atoms with Crippen molar-refractivity contribution in [2.45, 2.75) is 39.3 Å². The molecule has 1 rings (SSSR count). The number of hydrogen-bond donors (Lipinski definition) is 1. The summed E-state index contributed by atoms with van der Waals surface area (Å²) < 4.78 is 5.07. The molecule has 0 fully saturated rings. The number of methoxy groups -OCH3 is 1. The molecule has 0 unspecified atom stereocenters. The van der Waals surface area contributed by atoms with Crippen LogP contribution in [0.25, 0.3) is 0 Å². The topological polar surface area (TPSA) is 37.4 Å². The molecule has 20 heavy (non-hydrogen) atoms. The van der Waals surface area contributed by atoms with Crippen molar-refractivity contribution in [1.29, 1.82) is 0 Å². The van der Waals surface area contributed by atoms with Gasteiger partial charge in [0.15, 0.2) is 0 Å². The third kappa shape index (κ3) is 6.07. The van der Waals surface area contributed by atoms with Gasteiger partial charge in [0.1, 0.15) is 5.82 Å². The fourth-order valence-corrected chi connectivity index (χ4v) is 1.89. The first-order valence-corrected chi connectivity index (χ1v) is 7.32. The van der Waals surface area contributed by atoms with E-state index in [2.05, 4.69) is 36.0 Å². The average Bonchev–Trinajstić information content (AvgIpc) is 2.37. The van der Waals surface area contributed by atoms with Gasteiger partial charge in [-0.3, -0.25) is 0 Å². The van der Waals surface area contributed by atoms with Crippen molar-refractivity contribution in [3.05, 3.63) is 22.8 Å². The zero-order valence-corrected chi connectivity index (χ0v) is 13.9. The molecule has 0 spiro atoms. The number of anilines is 1. The van der Waals surface area contributed by atoms with Crippen LogP contribution in [0.4, 0.5) is 5.82 Å². The normalized spacial score (nSPS) is 11.7. The summed E-state index contributed by atoms with van der Waals surface area (Å²) in [4.78, 5) is 6.77. The Kier molecular flexibility index (Phi) is 6.72. The summed E-state index contributed by atoms with van der Waals surface area (Å²) in [7, 11) is 3.75. The Morgan fingerprint density at radius 3 is 2.65 bits per heavy atom. The molecule has 5 heteroatoms. The molecule has 1 heterocycles. The maximum Gasteiger partial charge on any atom is 0.128 e. The molecule has 0 radical (unpaired) electrons. The molecule has 114 valence electrons. The first kappa shape index (κ1) is 17.2.